The van der Waals surface area contributed by atoms with Gasteiger partial charge in [0.15, 0.2) is 18.3 Å². The number of rotatable bonds is 6. The van der Waals surface area contributed by atoms with Crippen LogP contribution in [0.2, 0.25) is 0 Å². The Bertz CT molecular complexity index is 675. The quantitative estimate of drug-likeness (QED) is 0.754. The van der Waals surface area contributed by atoms with Gasteiger partial charge in [-0.1, -0.05) is 6.92 Å². The van der Waals surface area contributed by atoms with Crippen LogP contribution in [0.15, 0.2) is 12.1 Å². The van der Waals surface area contributed by atoms with E-state index in [2.05, 4.69) is 6.92 Å². The molecule has 150 valence electrons. The van der Waals surface area contributed by atoms with Crippen molar-refractivity contribution in [1.82, 2.24) is 0 Å². The number of ether oxygens (including phenoxy) is 4. The molecule has 2 fully saturated rings. The summed E-state index contributed by atoms with van der Waals surface area (Å²) in [5, 5.41) is 10.4. The molecular weight excluding hydrogens is 344 g/mol. The monoisotopic (exact) mass is 376 g/mol. The largest absolute Gasteiger partial charge is 0.504 e. The summed E-state index contributed by atoms with van der Waals surface area (Å²) >= 11 is 0. The number of fused-ring (bicyclic) bond motifs is 5. The van der Waals surface area contributed by atoms with Crippen LogP contribution in [0.4, 0.5) is 0 Å². The van der Waals surface area contributed by atoms with Crippen LogP contribution in [0.5, 0.6) is 11.5 Å². The van der Waals surface area contributed by atoms with Crippen molar-refractivity contribution in [1.29, 1.82) is 0 Å². The number of aromatic hydroxyl groups is 1. The highest BCUT2D eigenvalue weighted by Gasteiger charge is 2.55. The van der Waals surface area contributed by atoms with E-state index in [1.165, 1.54) is 30.4 Å². The Morgan fingerprint density at radius 1 is 1.07 bits per heavy atom. The molecule has 0 spiro atoms. The molecule has 27 heavy (non-hydrogen) atoms. The molecule has 0 aromatic heterocycles. The first-order valence-corrected chi connectivity index (χ1v) is 10.2. The fraction of sp³-hybridized carbons (Fsp3) is 0.727. The molecule has 1 aromatic rings. The SMILES string of the molecule is COCOc1cc2c(cc1O)[C@H]1CC[C@]3(C)[C@@H](OCOC)CC[C@H]3[C@@H]1CC2. The van der Waals surface area contributed by atoms with Gasteiger partial charge >= 0.3 is 0 Å². The van der Waals surface area contributed by atoms with E-state index < -0.39 is 0 Å². The zero-order valence-electron chi connectivity index (χ0n) is 16.7. The van der Waals surface area contributed by atoms with Crippen LogP contribution < -0.4 is 4.74 Å². The molecule has 0 bridgehead atoms. The Kier molecular flexibility index (Phi) is 5.36. The predicted molar refractivity (Wildman–Crippen MR) is 102 cm³/mol. The summed E-state index contributed by atoms with van der Waals surface area (Å²) < 4.78 is 21.7. The van der Waals surface area contributed by atoms with Gasteiger partial charge in [-0.05, 0) is 85.0 Å². The van der Waals surface area contributed by atoms with Gasteiger partial charge in [0.05, 0.1) is 6.10 Å². The topological polar surface area (TPSA) is 57.2 Å². The fourth-order valence-electron chi connectivity index (χ4n) is 6.20. The van der Waals surface area contributed by atoms with Crippen LogP contribution in [0.1, 0.15) is 56.1 Å². The number of phenols is 1. The van der Waals surface area contributed by atoms with Crippen LogP contribution in [0, 0.1) is 17.3 Å². The van der Waals surface area contributed by atoms with Crippen LogP contribution in [0.3, 0.4) is 0 Å². The second-order valence-corrected chi connectivity index (χ2v) is 8.67. The summed E-state index contributed by atoms with van der Waals surface area (Å²) in [6, 6.07) is 3.97. The van der Waals surface area contributed by atoms with Gasteiger partial charge in [0.1, 0.15) is 6.79 Å². The van der Waals surface area contributed by atoms with Crippen molar-refractivity contribution in [3.05, 3.63) is 23.3 Å². The molecular formula is C22H32O5. The van der Waals surface area contributed by atoms with Gasteiger partial charge in [0.2, 0.25) is 0 Å². The molecule has 4 rings (SSSR count). The van der Waals surface area contributed by atoms with Gasteiger partial charge in [0.25, 0.3) is 0 Å². The van der Waals surface area contributed by atoms with Gasteiger partial charge in [-0.3, -0.25) is 0 Å². The molecule has 0 radical (unpaired) electrons. The van der Waals surface area contributed by atoms with Crippen molar-refractivity contribution in [2.45, 2.75) is 57.5 Å². The van der Waals surface area contributed by atoms with Gasteiger partial charge in [-0.15, -0.1) is 0 Å². The van der Waals surface area contributed by atoms with E-state index in [0.717, 1.165) is 19.3 Å². The van der Waals surface area contributed by atoms with Crippen molar-refractivity contribution in [2.24, 2.45) is 17.3 Å². The van der Waals surface area contributed by atoms with Crippen molar-refractivity contribution in [2.75, 3.05) is 27.8 Å². The van der Waals surface area contributed by atoms with Crippen LogP contribution in [-0.4, -0.2) is 39.0 Å². The molecule has 1 aromatic carbocycles. The maximum absolute atomic E-state index is 10.4. The van der Waals surface area contributed by atoms with Gasteiger partial charge in [0, 0.05) is 14.2 Å². The smallest absolute Gasteiger partial charge is 0.188 e. The van der Waals surface area contributed by atoms with Crippen molar-refractivity contribution >= 4 is 0 Å². The Morgan fingerprint density at radius 2 is 1.89 bits per heavy atom. The molecule has 0 unspecified atom stereocenters. The maximum Gasteiger partial charge on any atom is 0.188 e. The normalized spacial score (nSPS) is 34.6. The zero-order valence-corrected chi connectivity index (χ0v) is 16.7. The molecule has 0 aliphatic heterocycles. The summed E-state index contributed by atoms with van der Waals surface area (Å²) in [6.07, 6.45) is 7.28. The Balaban J connectivity index is 1.57. The second kappa shape index (κ2) is 7.61. The minimum Gasteiger partial charge on any atom is -0.504 e. The Morgan fingerprint density at radius 3 is 2.67 bits per heavy atom. The molecule has 0 amide bonds. The third-order valence-electron chi connectivity index (χ3n) is 7.44. The summed E-state index contributed by atoms with van der Waals surface area (Å²) in [5.74, 6) is 2.67. The second-order valence-electron chi connectivity index (χ2n) is 8.67. The van der Waals surface area contributed by atoms with Gasteiger partial charge in [-0.2, -0.15) is 0 Å². The Hall–Kier alpha value is -1.30. The highest BCUT2D eigenvalue weighted by Crippen LogP contribution is 2.61. The Labute approximate surface area is 162 Å². The molecule has 1 N–H and O–H groups in total. The first kappa shape index (κ1) is 19.0. The molecule has 3 aliphatic carbocycles. The first-order valence-electron chi connectivity index (χ1n) is 10.2. The van der Waals surface area contributed by atoms with Crippen LogP contribution in [-0.2, 0) is 20.6 Å². The van der Waals surface area contributed by atoms with E-state index in [4.69, 9.17) is 18.9 Å². The lowest BCUT2D eigenvalue weighted by Crippen LogP contribution is -2.44. The molecule has 5 nitrogen and oxygen atoms in total. The number of methoxy groups -OCH3 is 2. The summed E-state index contributed by atoms with van der Waals surface area (Å²) in [6.45, 7) is 2.97. The highest BCUT2D eigenvalue weighted by atomic mass is 16.7. The van der Waals surface area contributed by atoms with Gasteiger partial charge < -0.3 is 24.1 Å². The summed E-state index contributed by atoms with van der Waals surface area (Å²) in [5.41, 5.74) is 2.91. The van der Waals surface area contributed by atoms with Crippen LogP contribution >= 0.6 is 0 Å². The van der Waals surface area contributed by atoms with Gasteiger partial charge in [-0.25, -0.2) is 0 Å². The predicted octanol–water partition coefficient (Wildman–Crippen LogP) is 4.22. The molecule has 5 atom stereocenters. The average Bonchev–Trinajstić information content (AvgIpc) is 3.01. The van der Waals surface area contributed by atoms with Crippen molar-refractivity contribution in [3.8, 4) is 11.5 Å². The van der Waals surface area contributed by atoms with E-state index in [9.17, 15) is 5.11 Å². The lowest BCUT2D eigenvalue weighted by Gasteiger charge is -2.50. The lowest BCUT2D eigenvalue weighted by atomic mass is 9.55. The fourth-order valence-corrected chi connectivity index (χ4v) is 6.20. The third-order valence-corrected chi connectivity index (χ3v) is 7.44. The molecule has 5 heteroatoms. The third kappa shape index (κ3) is 3.24. The standard InChI is InChI=1S/C22H32O5/c1-22-9-8-15-16(18(22)6-7-21(22)27-13-25-3)5-4-14-10-20(26-12-24-2)19(23)11-17(14)15/h10-11,15-16,18,21,23H,4-9,12-13H2,1-3H3/t15-,16+,18-,21-,22-/m0/s1. The minimum atomic E-state index is 0.154. The number of aryl methyl sites for hydroxylation is 1. The number of hydrogen-bond donors (Lipinski definition) is 1. The minimum absolute atomic E-state index is 0.154. The maximum atomic E-state index is 10.4. The van der Waals surface area contributed by atoms with E-state index in [0.29, 0.717) is 36.4 Å². The van der Waals surface area contributed by atoms with Crippen molar-refractivity contribution in [3.63, 3.8) is 0 Å². The van der Waals surface area contributed by atoms with Crippen molar-refractivity contribution < 1.29 is 24.1 Å². The van der Waals surface area contributed by atoms with E-state index in [1.807, 2.05) is 12.1 Å². The zero-order chi connectivity index (χ0) is 19.0. The number of benzene rings is 1. The van der Waals surface area contributed by atoms with E-state index in [1.54, 1.807) is 14.2 Å². The highest BCUT2D eigenvalue weighted by molar-refractivity contribution is 5.49. The average molecular weight is 376 g/mol. The lowest BCUT2D eigenvalue weighted by molar-refractivity contribution is -0.125. The molecule has 0 saturated heterocycles. The number of phenolic OH excluding ortho intramolecular Hbond substituents is 1. The van der Waals surface area contributed by atoms with E-state index in [-0.39, 0.29) is 18.0 Å². The molecule has 2 saturated carbocycles. The molecule has 0 heterocycles. The summed E-state index contributed by atoms with van der Waals surface area (Å²) in [7, 11) is 3.28. The molecule has 3 aliphatic rings. The number of hydrogen-bond acceptors (Lipinski definition) is 5. The summed E-state index contributed by atoms with van der Waals surface area (Å²) in [4.78, 5) is 0. The van der Waals surface area contributed by atoms with E-state index >= 15 is 0 Å². The van der Waals surface area contributed by atoms with Crippen LogP contribution in [0.25, 0.3) is 0 Å². The first-order chi connectivity index (χ1) is 13.1.